The van der Waals surface area contributed by atoms with Crippen molar-refractivity contribution in [2.24, 2.45) is 0 Å². The van der Waals surface area contributed by atoms with E-state index < -0.39 is 10.0 Å². The summed E-state index contributed by atoms with van der Waals surface area (Å²) in [5.74, 6) is 0.131. The van der Waals surface area contributed by atoms with E-state index in [0.29, 0.717) is 18.0 Å². The van der Waals surface area contributed by atoms with Crippen molar-refractivity contribution >= 4 is 21.7 Å². The molecule has 0 aliphatic rings. The van der Waals surface area contributed by atoms with E-state index in [4.69, 9.17) is 9.47 Å². The number of hydrogen-bond acceptors (Lipinski definition) is 5. The lowest BCUT2D eigenvalue weighted by Crippen LogP contribution is -2.13. The van der Waals surface area contributed by atoms with Crippen molar-refractivity contribution in [1.29, 1.82) is 0 Å². The van der Waals surface area contributed by atoms with Gasteiger partial charge in [0, 0.05) is 6.07 Å². The largest absolute Gasteiger partial charge is 0.493 e. The van der Waals surface area contributed by atoms with Crippen molar-refractivity contribution in [3.63, 3.8) is 0 Å². The molecule has 0 bridgehead atoms. The number of anilines is 1. The van der Waals surface area contributed by atoms with E-state index >= 15 is 0 Å². The molecule has 2 rings (SSSR count). The molecular weight excluding hydrogens is 330 g/mol. The summed E-state index contributed by atoms with van der Waals surface area (Å²) in [5.41, 5.74) is 0.382. The molecule has 0 atom stereocenters. The van der Waals surface area contributed by atoms with Crippen molar-refractivity contribution in [2.75, 3.05) is 17.9 Å². The summed E-state index contributed by atoms with van der Waals surface area (Å²) in [7, 11) is -3.65. The molecule has 0 aromatic heterocycles. The molecule has 0 aliphatic carbocycles. The lowest BCUT2D eigenvalue weighted by atomic mass is 10.3. The van der Waals surface area contributed by atoms with Crippen LogP contribution in [0.4, 0.5) is 5.69 Å². The summed E-state index contributed by atoms with van der Waals surface area (Å²) in [5, 5.41) is 0. The van der Waals surface area contributed by atoms with Crippen LogP contribution in [0, 0.1) is 0 Å². The first-order chi connectivity index (χ1) is 11.5. The highest BCUT2D eigenvalue weighted by Crippen LogP contribution is 2.21. The fraction of sp³-hybridized carbons (Fsp3) is 0.235. The van der Waals surface area contributed by atoms with Gasteiger partial charge in [0.15, 0.2) is 0 Å². The van der Waals surface area contributed by atoms with Crippen LogP contribution in [0.5, 0.6) is 5.75 Å². The number of benzene rings is 2. The highest BCUT2D eigenvalue weighted by molar-refractivity contribution is 7.92. The molecule has 0 saturated carbocycles. The van der Waals surface area contributed by atoms with Gasteiger partial charge < -0.3 is 9.47 Å². The summed E-state index contributed by atoms with van der Waals surface area (Å²) < 4.78 is 37.3. The molecule has 6 nitrogen and oxygen atoms in total. The number of carbonyl (C=O) groups is 1. The van der Waals surface area contributed by atoms with Gasteiger partial charge in [-0.1, -0.05) is 24.3 Å². The quantitative estimate of drug-likeness (QED) is 0.741. The molecule has 0 fully saturated rings. The third-order valence-corrected chi connectivity index (χ3v) is 4.42. The number of nitrogens with one attached hydrogen (secondary N) is 1. The van der Waals surface area contributed by atoms with Crippen LogP contribution in [0.1, 0.15) is 13.3 Å². The van der Waals surface area contributed by atoms with Gasteiger partial charge in [0.25, 0.3) is 10.0 Å². The molecule has 0 unspecified atom stereocenters. The third-order valence-electron chi connectivity index (χ3n) is 3.02. The Bertz CT molecular complexity index is 775. The second-order valence-electron chi connectivity index (χ2n) is 4.85. The lowest BCUT2D eigenvalue weighted by Gasteiger charge is -2.10. The standard InChI is InChI=1S/C17H19NO5S/c1-2-22-17(19)11-12-23-15-8-6-7-14(13-15)18-24(20,21)16-9-4-3-5-10-16/h3-10,13,18H,2,11-12H2,1H3. The molecule has 0 amide bonds. The Morgan fingerprint density at radius 3 is 2.54 bits per heavy atom. The number of ether oxygens (including phenoxy) is 2. The average Bonchev–Trinajstić information content (AvgIpc) is 2.56. The summed E-state index contributed by atoms with van der Waals surface area (Å²) in [6.45, 7) is 2.23. The van der Waals surface area contributed by atoms with E-state index in [9.17, 15) is 13.2 Å². The Hall–Kier alpha value is -2.54. The Balaban J connectivity index is 1.99. The molecule has 0 heterocycles. The maximum Gasteiger partial charge on any atom is 0.309 e. The Morgan fingerprint density at radius 1 is 1.08 bits per heavy atom. The molecule has 1 N–H and O–H groups in total. The van der Waals surface area contributed by atoms with Gasteiger partial charge in [-0.15, -0.1) is 0 Å². The minimum Gasteiger partial charge on any atom is -0.493 e. The molecule has 0 aliphatic heterocycles. The van der Waals surface area contributed by atoms with Crippen molar-refractivity contribution in [2.45, 2.75) is 18.2 Å². The molecule has 2 aromatic rings. The number of carbonyl (C=O) groups excluding carboxylic acids is 1. The zero-order valence-corrected chi connectivity index (χ0v) is 14.1. The maximum atomic E-state index is 12.3. The SMILES string of the molecule is CCOC(=O)CCOc1cccc(NS(=O)(=O)c2ccccc2)c1. The number of sulfonamides is 1. The van der Waals surface area contributed by atoms with Crippen LogP contribution in [0.25, 0.3) is 0 Å². The Morgan fingerprint density at radius 2 is 1.83 bits per heavy atom. The van der Waals surface area contributed by atoms with Crippen LogP contribution in [-0.4, -0.2) is 27.6 Å². The van der Waals surface area contributed by atoms with Gasteiger partial charge in [-0.2, -0.15) is 0 Å². The minimum absolute atomic E-state index is 0.133. The van der Waals surface area contributed by atoms with Crippen LogP contribution in [0.3, 0.4) is 0 Å². The van der Waals surface area contributed by atoms with E-state index in [1.165, 1.54) is 12.1 Å². The van der Waals surface area contributed by atoms with Crippen molar-refractivity contribution in [3.05, 3.63) is 54.6 Å². The van der Waals surface area contributed by atoms with Gasteiger partial charge >= 0.3 is 5.97 Å². The van der Waals surface area contributed by atoms with Crippen molar-refractivity contribution in [3.8, 4) is 5.75 Å². The van der Waals surface area contributed by atoms with E-state index in [0.717, 1.165) is 0 Å². The zero-order valence-electron chi connectivity index (χ0n) is 13.3. The van der Waals surface area contributed by atoms with Crippen LogP contribution in [-0.2, 0) is 19.6 Å². The molecule has 2 aromatic carbocycles. The highest BCUT2D eigenvalue weighted by Gasteiger charge is 2.13. The van der Waals surface area contributed by atoms with Crippen LogP contribution < -0.4 is 9.46 Å². The molecule has 7 heteroatoms. The average molecular weight is 349 g/mol. The maximum absolute atomic E-state index is 12.3. The van der Waals surface area contributed by atoms with Gasteiger partial charge in [-0.3, -0.25) is 9.52 Å². The lowest BCUT2D eigenvalue weighted by molar-refractivity contribution is -0.143. The van der Waals surface area contributed by atoms with Gasteiger partial charge in [-0.05, 0) is 31.2 Å². The minimum atomic E-state index is -3.65. The van der Waals surface area contributed by atoms with E-state index in [1.54, 1.807) is 49.4 Å². The summed E-state index contributed by atoms with van der Waals surface area (Å²) in [4.78, 5) is 11.4. The number of hydrogen-bond donors (Lipinski definition) is 1. The predicted molar refractivity (Wildman–Crippen MR) is 90.4 cm³/mol. The Labute approximate surface area is 141 Å². The first kappa shape index (κ1) is 17.8. The van der Waals surface area contributed by atoms with Crippen LogP contribution in [0.2, 0.25) is 0 Å². The first-order valence-corrected chi connectivity index (χ1v) is 8.96. The van der Waals surface area contributed by atoms with Crippen molar-refractivity contribution < 1.29 is 22.7 Å². The van der Waals surface area contributed by atoms with Gasteiger partial charge in [0.05, 0.1) is 30.2 Å². The topological polar surface area (TPSA) is 81.7 Å². The molecule has 24 heavy (non-hydrogen) atoms. The van der Waals surface area contributed by atoms with E-state index in [2.05, 4.69) is 4.72 Å². The second kappa shape index (κ2) is 8.35. The highest BCUT2D eigenvalue weighted by atomic mass is 32.2. The van der Waals surface area contributed by atoms with E-state index in [1.807, 2.05) is 0 Å². The molecule has 0 spiro atoms. The molecular formula is C17H19NO5S. The molecule has 0 saturated heterocycles. The third kappa shape index (κ3) is 5.27. The van der Waals surface area contributed by atoms with Crippen LogP contribution >= 0.6 is 0 Å². The predicted octanol–water partition coefficient (Wildman–Crippen LogP) is 2.82. The van der Waals surface area contributed by atoms with Gasteiger partial charge in [0.2, 0.25) is 0 Å². The van der Waals surface area contributed by atoms with Gasteiger partial charge in [0.1, 0.15) is 5.75 Å². The van der Waals surface area contributed by atoms with E-state index in [-0.39, 0.29) is 23.9 Å². The van der Waals surface area contributed by atoms with Gasteiger partial charge in [-0.25, -0.2) is 8.42 Å². The van der Waals surface area contributed by atoms with Crippen LogP contribution in [0.15, 0.2) is 59.5 Å². The first-order valence-electron chi connectivity index (χ1n) is 7.47. The van der Waals surface area contributed by atoms with Crippen molar-refractivity contribution in [1.82, 2.24) is 0 Å². The molecule has 0 radical (unpaired) electrons. The normalized spacial score (nSPS) is 10.9. The Kier molecular flexibility index (Phi) is 6.20. The summed E-state index contributed by atoms with van der Waals surface area (Å²) in [6.07, 6.45) is 0.133. The summed E-state index contributed by atoms with van der Waals surface area (Å²) >= 11 is 0. The fourth-order valence-electron chi connectivity index (χ4n) is 1.95. The monoisotopic (exact) mass is 349 g/mol. The second-order valence-corrected chi connectivity index (χ2v) is 6.53. The number of rotatable bonds is 8. The fourth-order valence-corrected chi connectivity index (χ4v) is 3.02. The zero-order chi connectivity index (χ0) is 17.4. The molecule has 128 valence electrons. The summed E-state index contributed by atoms with van der Waals surface area (Å²) in [6, 6.07) is 14.6. The number of esters is 1. The smallest absolute Gasteiger partial charge is 0.309 e.